The molecule has 0 atom stereocenters. The van der Waals surface area contributed by atoms with Crippen LogP contribution in [0.2, 0.25) is 15.1 Å². The van der Waals surface area contributed by atoms with Crippen LogP contribution < -0.4 is 11.5 Å². The van der Waals surface area contributed by atoms with E-state index in [-0.39, 0.29) is 18.4 Å². The van der Waals surface area contributed by atoms with Crippen molar-refractivity contribution in [1.29, 1.82) is 0 Å². The van der Waals surface area contributed by atoms with Crippen molar-refractivity contribution >= 4 is 80.9 Å². The van der Waals surface area contributed by atoms with Gasteiger partial charge in [0, 0.05) is 26.4 Å². The van der Waals surface area contributed by atoms with Crippen LogP contribution in [0.25, 0.3) is 21.5 Å². The van der Waals surface area contributed by atoms with E-state index in [0.29, 0.717) is 15.1 Å². The number of nitrogens with two attached hydrogens (primary N) is 2. The smallest absolute Gasteiger partial charge is 0.211 e. The molecule has 0 aliphatic carbocycles. The molecule has 0 amide bonds. The van der Waals surface area contributed by atoms with Gasteiger partial charge in [0.25, 0.3) is 0 Å². The highest BCUT2D eigenvalue weighted by atomic mass is 35.5. The molecule has 0 saturated heterocycles. The van der Waals surface area contributed by atoms with E-state index in [1.807, 2.05) is 24.3 Å². The van der Waals surface area contributed by atoms with Gasteiger partial charge in [-0.05, 0) is 35.0 Å². The first kappa shape index (κ1) is 18.6. The maximum atomic E-state index is 6.54. The summed E-state index contributed by atoms with van der Waals surface area (Å²) in [5.74, 6) is -0.120. The van der Waals surface area contributed by atoms with E-state index < -0.39 is 0 Å². The Balaban J connectivity index is 0.00000208. The van der Waals surface area contributed by atoms with E-state index in [2.05, 4.69) is 10.2 Å². The highest BCUT2D eigenvalue weighted by molar-refractivity contribution is 6.43. The Kier molecular flexibility index (Phi) is 5.78. The minimum atomic E-state index is -0.120. The predicted octanol–water partition coefficient (Wildman–Crippen LogP) is 4.98. The molecule has 0 aliphatic heterocycles. The Morgan fingerprint density at radius 1 is 0.833 bits per heavy atom. The van der Waals surface area contributed by atoms with Crippen LogP contribution in [0.4, 0.5) is 0 Å². The average molecular weight is 402 g/mol. The highest BCUT2D eigenvalue weighted by Crippen LogP contribution is 2.37. The van der Waals surface area contributed by atoms with Gasteiger partial charge in [0.05, 0.1) is 11.2 Å². The molecule has 0 aliphatic rings. The van der Waals surface area contributed by atoms with E-state index in [9.17, 15) is 0 Å². The molecule has 0 radical (unpaired) electrons. The Morgan fingerprint density at radius 2 is 1.42 bits per heavy atom. The van der Waals surface area contributed by atoms with E-state index in [0.717, 1.165) is 27.1 Å². The molecular formula is C16H12Cl4N4. The van der Waals surface area contributed by atoms with Gasteiger partial charge < -0.3 is 11.5 Å². The van der Waals surface area contributed by atoms with Crippen LogP contribution in [0.5, 0.6) is 0 Å². The number of fused-ring (bicyclic) bond motifs is 2. The molecule has 0 unspecified atom stereocenters. The molecule has 0 aromatic heterocycles. The maximum Gasteiger partial charge on any atom is 0.211 e. The SMILES string of the molecule is Cl.NC(N)=NN=Cc1c2ccc(Cl)cc2c(Cl)c2ccc(Cl)cc12. The van der Waals surface area contributed by atoms with Gasteiger partial charge in [0.2, 0.25) is 5.96 Å². The molecule has 124 valence electrons. The fourth-order valence-electron chi connectivity index (χ4n) is 2.45. The molecule has 3 aromatic carbocycles. The summed E-state index contributed by atoms with van der Waals surface area (Å²) in [6.45, 7) is 0. The second-order valence-corrected chi connectivity index (χ2v) is 6.13. The van der Waals surface area contributed by atoms with Gasteiger partial charge in [-0.15, -0.1) is 17.5 Å². The number of benzene rings is 3. The van der Waals surface area contributed by atoms with Crippen molar-refractivity contribution in [2.24, 2.45) is 21.7 Å². The van der Waals surface area contributed by atoms with E-state index in [4.69, 9.17) is 46.3 Å². The molecule has 4 nitrogen and oxygen atoms in total. The van der Waals surface area contributed by atoms with Crippen LogP contribution in [-0.4, -0.2) is 12.2 Å². The minimum Gasteiger partial charge on any atom is -0.369 e. The van der Waals surface area contributed by atoms with E-state index in [1.54, 1.807) is 18.3 Å². The van der Waals surface area contributed by atoms with Crippen LogP contribution >= 0.6 is 47.2 Å². The number of guanidine groups is 1. The molecule has 24 heavy (non-hydrogen) atoms. The molecule has 0 heterocycles. The van der Waals surface area contributed by atoms with Crippen molar-refractivity contribution in [3.05, 3.63) is 57.0 Å². The second-order valence-electron chi connectivity index (χ2n) is 4.88. The van der Waals surface area contributed by atoms with Crippen molar-refractivity contribution in [2.75, 3.05) is 0 Å². The molecule has 8 heteroatoms. The van der Waals surface area contributed by atoms with Crippen LogP contribution in [0.15, 0.2) is 46.6 Å². The Bertz CT molecular complexity index is 979. The van der Waals surface area contributed by atoms with Crippen molar-refractivity contribution in [1.82, 2.24) is 0 Å². The third-order valence-corrected chi connectivity index (χ3v) is 4.25. The summed E-state index contributed by atoms with van der Waals surface area (Å²) >= 11 is 18.8. The van der Waals surface area contributed by atoms with E-state index in [1.165, 1.54) is 0 Å². The topological polar surface area (TPSA) is 76.8 Å². The van der Waals surface area contributed by atoms with Gasteiger partial charge in [-0.25, -0.2) is 0 Å². The van der Waals surface area contributed by atoms with Crippen molar-refractivity contribution in [3.63, 3.8) is 0 Å². The molecule has 0 spiro atoms. The van der Waals surface area contributed by atoms with Gasteiger partial charge in [-0.1, -0.05) is 46.9 Å². The first-order valence-corrected chi connectivity index (χ1v) is 7.72. The zero-order valence-corrected chi connectivity index (χ0v) is 15.2. The summed E-state index contributed by atoms with van der Waals surface area (Å²) in [7, 11) is 0. The molecular weight excluding hydrogens is 390 g/mol. The van der Waals surface area contributed by atoms with Crippen molar-refractivity contribution in [3.8, 4) is 0 Å². The molecule has 3 rings (SSSR count). The summed E-state index contributed by atoms with van der Waals surface area (Å²) in [5, 5.41) is 12.8. The Morgan fingerprint density at radius 3 is 2.04 bits per heavy atom. The van der Waals surface area contributed by atoms with Crippen LogP contribution in [-0.2, 0) is 0 Å². The number of halogens is 4. The Labute approximate surface area is 159 Å². The van der Waals surface area contributed by atoms with Crippen LogP contribution in [0.1, 0.15) is 5.56 Å². The number of rotatable bonds is 2. The number of nitrogens with zero attached hydrogens (tertiary/aromatic N) is 2. The fraction of sp³-hybridized carbons (Fsp3) is 0. The lowest BCUT2D eigenvalue weighted by Gasteiger charge is -2.11. The zero-order chi connectivity index (χ0) is 16.6. The van der Waals surface area contributed by atoms with Gasteiger partial charge in [0.15, 0.2) is 0 Å². The zero-order valence-electron chi connectivity index (χ0n) is 12.1. The Hall–Kier alpha value is -1.72. The maximum absolute atomic E-state index is 6.54. The highest BCUT2D eigenvalue weighted by Gasteiger charge is 2.12. The van der Waals surface area contributed by atoms with Crippen molar-refractivity contribution in [2.45, 2.75) is 0 Å². The normalized spacial score (nSPS) is 11.0. The number of hydrogen-bond acceptors (Lipinski definition) is 2. The summed E-state index contributed by atoms with van der Waals surface area (Å²) in [6.07, 6.45) is 1.57. The molecule has 3 aromatic rings. The van der Waals surface area contributed by atoms with Gasteiger partial charge in [-0.3, -0.25) is 0 Å². The lowest BCUT2D eigenvalue weighted by Crippen LogP contribution is -2.21. The molecule has 0 bridgehead atoms. The summed E-state index contributed by atoms with van der Waals surface area (Å²) in [5.41, 5.74) is 11.4. The standard InChI is InChI=1S/C16H11Cl3N4.ClH/c17-8-2-4-11-12(5-8)14(7-22-23-16(20)21)10-3-1-9(18)6-13(10)15(11)19;/h1-7H,(H4,20,21,23);1H. The van der Waals surface area contributed by atoms with Crippen molar-refractivity contribution < 1.29 is 0 Å². The minimum absolute atomic E-state index is 0. The number of hydrogen-bond donors (Lipinski definition) is 2. The van der Waals surface area contributed by atoms with Crippen LogP contribution in [0, 0.1) is 0 Å². The summed E-state index contributed by atoms with van der Waals surface area (Å²) in [6, 6.07) is 10.9. The van der Waals surface area contributed by atoms with E-state index >= 15 is 0 Å². The first-order chi connectivity index (χ1) is 11.0. The largest absolute Gasteiger partial charge is 0.369 e. The second kappa shape index (κ2) is 7.45. The lowest BCUT2D eigenvalue weighted by molar-refractivity contribution is 1.22. The molecule has 0 fully saturated rings. The predicted molar refractivity (Wildman–Crippen MR) is 107 cm³/mol. The third-order valence-electron chi connectivity index (χ3n) is 3.38. The molecule has 4 N–H and O–H groups in total. The third kappa shape index (κ3) is 3.52. The average Bonchev–Trinajstić information content (AvgIpc) is 2.50. The van der Waals surface area contributed by atoms with Crippen LogP contribution in [0.3, 0.4) is 0 Å². The summed E-state index contributed by atoms with van der Waals surface area (Å²) < 4.78 is 0. The lowest BCUT2D eigenvalue weighted by atomic mass is 9.97. The monoisotopic (exact) mass is 400 g/mol. The van der Waals surface area contributed by atoms with Gasteiger partial charge in [-0.2, -0.15) is 5.10 Å². The fourth-order valence-corrected chi connectivity index (χ4v) is 3.11. The van der Waals surface area contributed by atoms with Gasteiger partial charge >= 0.3 is 0 Å². The first-order valence-electron chi connectivity index (χ1n) is 6.59. The summed E-state index contributed by atoms with van der Waals surface area (Å²) in [4.78, 5) is 0. The van der Waals surface area contributed by atoms with Gasteiger partial charge in [0.1, 0.15) is 0 Å². The quantitative estimate of drug-likeness (QED) is 0.275. The molecule has 0 saturated carbocycles.